The van der Waals surface area contributed by atoms with Crippen LogP contribution in [0.25, 0.3) is 0 Å². The van der Waals surface area contributed by atoms with Crippen LogP contribution >= 0.6 is 0 Å². The molecule has 1 aromatic carbocycles. The number of ether oxygens (including phenoxy) is 2. The van der Waals surface area contributed by atoms with Crippen LogP contribution in [0.2, 0.25) is 0 Å². The lowest BCUT2D eigenvalue weighted by molar-refractivity contribution is 0.0507. The molecule has 28 heavy (non-hydrogen) atoms. The highest BCUT2D eigenvalue weighted by Crippen LogP contribution is 2.21. The number of carbonyl (C=O) groups excluding carboxylic acids is 1. The molecule has 2 fully saturated rings. The normalized spacial score (nSPS) is 19.6. The maximum absolute atomic E-state index is 13.4. The minimum absolute atomic E-state index is 0.0439. The number of pyridine rings is 1. The molecule has 1 aromatic heterocycles. The zero-order chi connectivity index (χ0) is 19.2. The SMILES string of the molecule is O=C(c1cccc(N2CCOCC2)c1)N(Cc1ccncc1)C[C@H]1CCCO1. The Bertz CT molecular complexity index is 772. The highest BCUT2D eigenvalue weighted by atomic mass is 16.5. The number of morpholine rings is 1. The Balaban J connectivity index is 1.53. The number of benzene rings is 1. The van der Waals surface area contributed by atoms with Gasteiger partial charge in [0.1, 0.15) is 0 Å². The van der Waals surface area contributed by atoms with Gasteiger partial charge in [0.2, 0.25) is 0 Å². The van der Waals surface area contributed by atoms with Crippen molar-refractivity contribution in [1.29, 1.82) is 0 Å². The van der Waals surface area contributed by atoms with E-state index in [2.05, 4.69) is 16.0 Å². The number of aromatic nitrogens is 1. The Kier molecular flexibility index (Phi) is 6.19. The third-order valence-corrected chi connectivity index (χ3v) is 5.33. The zero-order valence-electron chi connectivity index (χ0n) is 16.1. The molecule has 2 aliphatic rings. The Morgan fingerprint density at radius 3 is 2.71 bits per heavy atom. The molecule has 6 nitrogen and oxygen atoms in total. The van der Waals surface area contributed by atoms with Gasteiger partial charge in [-0.15, -0.1) is 0 Å². The largest absolute Gasteiger partial charge is 0.378 e. The second kappa shape index (κ2) is 9.17. The van der Waals surface area contributed by atoms with Gasteiger partial charge in [-0.25, -0.2) is 0 Å². The van der Waals surface area contributed by atoms with Gasteiger partial charge in [-0.2, -0.15) is 0 Å². The predicted molar refractivity (Wildman–Crippen MR) is 107 cm³/mol. The topological polar surface area (TPSA) is 54.9 Å². The molecule has 1 atom stereocenters. The monoisotopic (exact) mass is 381 g/mol. The van der Waals surface area contributed by atoms with Crippen LogP contribution in [0.15, 0.2) is 48.8 Å². The van der Waals surface area contributed by atoms with E-state index in [-0.39, 0.29) is 12.0 Å². The van der Waals surface area contributed by atoms with E-state index in [0.29, 0.717) is 13.1 Å². The Morgan fingerprint density at radius 1 is 1.14 bits per heavy atom. The molecule has 0 bridgehead atoms. The summed E-state index contributed by atoms with van der Waals surface area (Å²) in [6.07, 6.45) is 5.72. The first-order valence-corrected chi connectivity index (χ1v) is 10.0. The number of rotatable bonds is 6. The molecule has 0 spiro atoms. The minimum atomic E-state index is 0.0439. The molecule has 0 aliphatic carbocycles. The van der Waals surface area contributed by atoms with Crippen molar-refractivity contribution in [3.8, 4) is 0 Å². The number of anilines is 1. The maximum atomic E-state index is 13.4. The fraction of sp³-hybridized carbons (Fsp3) is 0.455. The van der Waals surface area contributed by atoms with Crippen LogP contribution in [0.4, 0.5) is 5.69 Å². The molecule has 2 saturated heterocycles. The molecular formula is C22H27N3O3. The number of hydrogen-bond donors (Lipinski definition) is 0. The van der Waals surface area contributed by atoms with Crippen molar-refractivity contribution in [2.24, 2.45) is 0 Å². The number of amides is 1. The highest BCUT2D eigenvalue weighted by molar-refractivity contribution is 5.95. The summed E-state index contributed by atoms with van der Waals surface area (Å²) in [6.45, 7) is 5.12. The summed E-state index contributed by atoms with van der Waals surface area (Å²) in [6, 6.07) is 11.9. The number of nitrogens with zero attached hydrogens (tertiary/aromatic N) is 3. The molecule has 148 valence electrons. The summed E-state index contributed by atoms with van der Waals surface area (Å²) in [5, 5.41) is 0. The molecule has 1 amide bonds. The summed E-state index contributed by atoms with van der Waals surface area (Å²) < 4.78 is 11.2. The summed E-state index contributed by atoms with van der Waals surface area (Å²) in [4.78, 5) is 21.6. The van der Waals surface area contributed by atoms with Crippen molar-refractivity contribution in [3.63, 3.8) is 0 Å². The number of hydrogen-bond acceptors (Lipinski definition) is 5. The van der Waals surface area contributed by atoms with Crippen molar-refractivity contribution >= 4 is 11.6 Å². The van der Waals surface area contributed by atoms with Gasteiger partial charge < -0.3 is 19.3 Å². The van der Waals surface area contributed by atoms with Gasteiger partial charge in [-0.1, -0.05) is 6.07 Å². The van der Waals surface area contributed by atoms with E-state index in [1.165, 1.54) is 0 Å². The standard InChI is InChI=1S/C22H27N3O3/c26-22(19-3-1-4-20(15-19)24-10-13-27-14-11-24)25(17-21-5-2-12-28-21)16-18-6-8-23-9-7-18/h1,3-4,6-9,15,21H,2,5,10-14,16-17H2/t21-/m1/s1. The van der Waals surface area contributed by atoms with Gasteiger partial charge in [-0.05, 0) is 48.7 Å². The van der Waals surface area contributed by atoms with Crippen LogP contribution in [0.3, 0.4) is 0 Å². The molecule has 2 aliphatic heterocycles. The van der Waals surface area contributed by atoms with E-state index >= 15 is 0 Å². The van der Waals surface area contributed by atoms with Crippen LogP contribution < -0.4 is 4.90 Å². The third kappa shape index (κ3) is 4.69. The van der Waals surface area contributed by atoms with Crippen molar-refractivity contribution in [2.45, 2.75) is 25.5 Å². The van der Waals surface area contributed by atoms with E-state index < -0.39 is 0 Å². The van der Waals surface area contributed by atoms with Gasteiger partial charge in [0, 0.05) is 56.4 Å². The molecule has 0 unspecified atom stereocenters. The van der Waals surface area contributed by atoms with Gasteiger partial charge in [0.05, 0.1) is 19.3 Å². The summed E-state index contributed by atoms with van der Waals surface area (Å²) in [5.74, 6) is 0.0439. The minimum Gasteiger partial charge on any atom is -0.378 e. The molecule has 3 heterocycles. The van der Waals surface area contributed by atoms with Gasteiger partial charge in [0.25, 0.3) is 5.91 Å². The fourth-order valence-electron chi connectivity index (χ4n) is 3.80. The lowest BCUT2D eigenvalue weighted by Gasteiger charge is -2.30. The molecule has 0 N–H and O–H groups in total. The fourth-order valence-corrected chi connectivity index (χ4v) is 3.80. The first-order valence-electron chi connectivity index (χ1n) is 10.0. The van der Waals surface area contributed by atoms with Crippen molar-refractivity contribution < 1.29 is 14.3 Å². The molecular weight excluding hydrogens is 354 g/mol. The van der Waals surface area contributed by atoms with E-state index in [1.54, 1.807) is 12.4 Å². The van der Waals surface area contributed by atoms with Gasteiger partial charge in [-0.3, -0.25) is 9.78 Å². The lowest BCUT2D eigenvalue weighted by Crippen LogP contribution is -2.38. The summed E-state index contributed by atoms with van der Waals surface area (Å²) in [7, 11) is 0. The molecule has 6 heteroatoms. The van der Waals surface area contributed by atoms with Crippen molar-refractivity contribution in [1.82, 2.24) is 9.88 Å². The van der Waals surface area contributed by atoms with Crippen molar-refractivity contribution in [3.05, 3.63) is 59.9 Å². The second-order valence-electron chi connectivity index (χ2n) is 7.33. The average Bonchev–Trinajstić information content (AvgIpc) is 3.27. The first kappa shape index (κ1) is 18.9. The van der Waals surface area contributed by atoms with E-state index in [9.17, 15) is 4.79 Å². The van der Waals surface area contributed by atoms with E-state index in [1.807, 2.05) is 35.2 Å². The Labute approximate surface area is 166 Å². The van der Waals surface area contributed by atoms with E-state index in [0.717, 1.165) is 62.6 Å². The van der Waals surface area contributed by atoms with Crippen LogP contribution in [0, 0.1) is 0 Å². The summed E-state index contributed by atoms with van der Waals surface area (Å²) >= 11 is 0. The van der Waals surface area contributed by atoms with Crippen molar-refractivity contribution in [2.75, 3.05) is 44.4 Å². The number of carbonyl (C=O) groups is 1. The zero-order valence-corrected chi connectivity index (χ0v) is 16.1. The quantitative estimate of drug-likeness (QED) is 0.770. The predicted octanol–water partition coefficient (Wildman–Crippen LogP) is 2.74. The maximum Gasteiger partial charge on any atom is 0.254 e. The lowest BCUT2D eigenvalue weighted by atomic mass is 10.1. The Morgan fingerprint density at radius 2 is 1.96 bits per heavy atom. The highest BCUT2D eigenvalue weighted by Gasteiger charge is 2.24. The van der Waals surface area contributed by atoms with Crippen LogP contribution in [-0.2, 0) is 16.0 Å². The Hall–Kier alpha value is -2.44. The van der Waals surface area contributed by atoms with Crippen LogP contribution in [0.1, 0.15) is 28.8 Å². The molecule has 4 rings (SSSR count). The smallest absolute Gasteiger partial charge is 0.254 e. The summed E-state index contributed by atoms with van der Waals surface area (Å²) in [5.41, 5.74) is 2.87. The third-order valence-electron chi connectivity index (χ3n) is 5.33. The molecule has 2 aromatic rings. The van der Waals surface area contributed by atoms with Gasteiger partial charge in [0.15, 0.2) is 0 Å². The van der Waals surface area contributed by atoms with Crippen LogP contribution in [-0.4, -0.2) is 61.3 Å². The molecule has 0 radical (unpaired) electrons. The second-order valence-corrected chi connectivity index (χ2v) is 7.33. The van der Waals surface area contributed by atoms with E-state index in [4.69, 9.17) is 9.47 Å². The van der Waals surface area contributed by atoms with Gasteiger partial charge >= 0.3 is 0 Å². The molecule has 0 saturated carbocycles. The average molecular weight is 381 g/mol. The first-order chi connectivity index (χ1) is 13.8. The van der Waals surface area contributed by atoms with Crippen LogP contribution in [0.5, 0.6) is 0 Å².